The van der Waals surface area contributed by atoms with E-state index in [0.29, 0.717) is 45.6 Å². The number of hydrogen-bond acceptors (Lipinski definition) is 9. The van der Waals surface area contributed by atoms with Crippen LogP contribution >= 0.6 is 0 Å². The molecule has 276 valence electrons. The number of ether oxygens (including phenoxy) is 2. The number of aromatic nitrogens is 8. The molecule has 0 bridgehead atoms. The number of carbonyl (C=O) groups excluding carboxylic acids is 1. The van der Waals surface area contributed by atoms with E-state index in [0.717, 1.165) is 35.3 Å². The van der Waals surface area contributed by atoms with Crippen molar-refractivity contribution in [3.05, 3.63) is 169 Å². The predicted molar refractivity (Wildman–Crippen MR) is 216 cm³/mol. The Labute approximate surface area is 323 Å². The van der Waals surface area contributed by atoms with Gasteiger partial charge in [-0.25, -0.2) is 19.9 Å². The molecule has 11 heteroatoms. The van der Waals surface area contributed by atoms with Crippen molar-refractivity contribution in [3.8, 4) is 23.3 Å². The van der Waals surface area contributed by atoms with Gasteiger partial charge in [0.05, 0.1) is 24.5 Å². The topological polar surface area (TPSA) is 123 Å². The predicted octanol–water partition coefficient (Wildman–Crippen LogP) is 9.45. The van der Waals surface area contributed by atoms with Crippen LogP contribution in [0.15, 0.2) is 147 Å². The van der Waals surface area contributed by atoms with Gasteiger partial charge in [-0.2, -0.15) is 9.97 Å². The lowest BCUT2D eigenvalue weighted by Gasteiger charge is -2.20. The Morgan fingerprint density at radius 1 is 0.554 bits per heavy atom. The molecule has 56 heavy (non-hydrogen) atoms. The molecular formula is C45H38N8O3. The van der Waals surface area contributed by atoms with Crippen LogP contribution < -0.4 is 9.47 Å². The van der Waals surface area contributed by atoms with E-state index < -0.39 is 11.8 Å². The molecule has 0 saturated heterocycles. The van der Waals surface area contributed by atoms with Crippen molar-refractivity contribution < 1.29 is 14.3 Å². The standard InChI is InChI=1S/C45H38N8O3/c1-3-52-29-50-39-42(52)46-27-48-44(39)55-35-21-17-33(18-22-35)37(25-15-31-11-7-5-8-12-31)41(54)38(26-16-32-13-9-6-10-14-32)34-19-23-36(24-20-34)56-45-40-43(47-28-49-45)53(4-2)30-51-40/h5-30,37-38H,3-4H2,1-2H3/b25-15+,26-16+. The fourth-order valence-corrected chi connectivity index (χ4v) is 6.52. The fourth-order valence-electron chi connectivity index (χ4n) is 6.52. The van der Waals surface area contributed by atoms with Crippen molar-refractivity contribution in [3.63, 3.8) is 0 Å². The summed E-state index contributed by atoms with van der Waals surface area (Å²) in [6.07, 6.45) is 14.3. The number of ketones is 1. The van der Waals surface area contributed by atoms with E-state index in [2.05, 4.69) is 29.9 Å². The molecule has 2 atom stereocenters. The van der Waals surface area contributed by atoms with Gasteiger partial charge in [-0.3, -0.25) is 4.79 Å². The number of nitrogens with zero attached hydrogens (tertiary/aromatic N) is 8. The average Bonchev–Trinajstić information content (AvgIpc) is 3.88. The maximum Gasteiger partial charge on any atom is 0.250 e. The first-order chi connectivity index (χ1) is 27.6. The third kappa shape index (κ3) is 7.69. The number of allylic oxidation sites excluding steroid dienone is 2. The number of imidazole rings is 2. The van der Waals surface area contributed by atoms with E-state index >= 15 is 0 Å². The lowest BCUT2D eigenvalue weighted by Crippen LogP contribution is -2.18. The monoisotopic (exact) mass is 738 g/mol. The fraction of sp³-hybridized carbons (Fsp3) is 0.133. The third-order valence-electron chi connectivity index (χ3n) is 9.50. The molecule has 0 saturated carbocycles. The van der Waals surface area contributed by atoms with E-state index in [1.807, 2.05) is 156 Å². The molecule has 0 spiro atoms. The van der Waals surface area contributed by atoms with Gasteiger partial charge >= 0.3 is 0 Å². The van der Waals surface area contributed by atoms with Gasteiger partial charge in [-0.15, -0.1) is 0 Å². The van der Waals surface area contributed by atoms with Crippen molar-refractivity contribution in [1.82, 2.24) is 39.0 Å². The molecule has 0 N–H and O–H groups in total. The van der Waals surface area contributed by atoms with Crippen molar-refractivity contribution in [2.24, 2.45) is 0 Å². The maximum atomic E-state index is 15.0. The highest BCUT2D eigenvalue weighted by Gasteiger charge is 2.27. The Hall–Kier alpha value is -7.27. The Morgan fingerprint density at radius 2 is 0.964 bits per heavy atom. The Balaban J connectivity index is 1.12. The van der Waals surface area contributed by atoms with Crippen molar-refractivity contribution in [2.45, 2.75) is 38.8 Å². The first-order valence-electron chi connectivity index (χ1n) is 18.5. The molecule has 0 radical (unpaired) electrons. The van der Waals surface area contributed by atoms with Crippen LogP contribution in [0.3, 0.4) is 0 Å². The van der Waals surface area contributed by atoms with Gasteiger partial charge < -0.3 is 18.6 Å². The molecular weight excluding hydrogens is 701 g/mol. The number of fused-ring (bicyclic) bond motifs is 2. The van der Waals surface area contributed by atoms with E-state index in [1.54, 1.807) is 12.7 Å². The van der Waals surface area contributed by atoms with Gasteiger partial charge in [-0.05, 0) is 60.4 Å². The third-order valence-corrected chi connectivity index (χ3v) is 9.50. The highest BCUT2D eigenvalue weighted by atomic mass is 16.5. The average molecular weight is 739 g/mol. The highest BCUT2D eigenvalue weighted by Crippen LogP contribution is 2.34. The highest BCUT2D eigenvalue weighted by molar-refractivity contribution is 5.96. The quantitative estimate of drug-likeness (QED) is 0.107. The van der Waals surface area contributed by atoms with Crippen LogP contribution in [-0.4, -0.2) is 44.8 Å². The summed E-state index contributed by atoms with van der Waals surface area (Å²) in [6, 6.07) is 35.0. The minimum absolute atomic E-state index is 0.00284. The Morgan fingerprint density at radius 3 is 1.36 bits per heavy atom. The van der Waals surface area contributed by atoms with Crippen LogP contribution in [0.4, 0.5) is 0 Å². The molecule has 8 aromatic rings. The zero-order valence-electron chi connectivity index (χ0n) is 30.9. The Bertz CT molecular complexity index is 2450. The second kappa shape index (κ2) is 16.4. The summed E-state index contributed by atoms with van der Waals surface area (Å²) < 4.78 is 16.3. The molecule has 0 amide bonds. The largest absolute Gasteiger partial charge is 0.437 e. The number of aryl methyl sites for hydroxylation is 2. The summed E-state index contributed by atoms with van der Waals surface area (Å²) in [6.45, 7) is 5.51. The van der Waals surface area contributed by atoms with Crippen LogP contribution in [0.25, 0.3) is 34.5 Å². The number of carbonyl (C=O) groups is 1. The SMILES string of the molecule is CCn1cnc2c(Oc3ccc(C(/C=C/c4ccccc4)C(=O)C(/C=C/c4ccccc4)c4ccc(Oc5ncnc6c5ncn6CC)cc4)cc3)ncnc21. The van der Waals surface area contributed by atoms with E-state index in [4.69, 9.17) is 9.47 Å². The molecule has 4 heterocycles. The summed E-state index contributed by atoms with van der Waals surface area (Å²) in [7, 11) is 0. The van der Waals surface area contributed by atoms with Gasteiger partial charge in [0.15, 0.2) is 28.1 Å². The van der Waals surface area contributed by atoms with Gasteiger partial charge in [0.2, 0.25) is 0 Å². The van der Waals surface area contributed by atoms with Crippen molar-refractivity contribution >= 4 is 40.3 Å². The smallest absolute Gasteiger partial charge is 0.250 e. The van der Waals surface area contributed by atoms with Crippen LogP contribution in [-0.2, 0) is 17.9 Å². The maximum absolute atomic E-state index is 15.0. The lowest BCUT2D eigenvalue weighted by molar-refractivity contribution is -0.120. The minimum Gasteiger partial charge on any atom is -0.437 e. The minimum atomic E-state index is -0.598. The second-order valence-electron chi connectivity index (χ2n) is 13.0. The number of hydrogen-bond donors (Lipinski definition) is 0. The van der Waals surface area contributed by atoms with Crippen LogP contribution in [0.5, 0.6) is 23.3 Å². The number of Topliss-reactive ketones (excluding diaryl/α,β-unsaturated/α-hetero) is 1. The van der Waals surface area contributed by atoms with Crippen LogP contribution in [0, 0.1) is 0 Å². The molecule has 0 aliphatic rings. The summed E-state index contributed by atoms with van der Waals surface area (Å²) in [5, 5.41) is 0. The van der Waals surface area contributed by atoms with Gasteiger partial charge in [0.25, 0.3) is 11.8 Å². The van der Waals surface area contributed by atoms with E-state index in [-0.39, 0.29) is 5.78 Å². The number of benzene rings is 4. The second-order valence-corrected chi connectivity index (χ2v) is 13.0. The summed E-state index contributed by atoms with van der Waals surface area (Å²) in [5.74, 6) is 0.666. The van der Waals surface area contributed by atoms with E-state index in [1.165, 1.54) is 12.7 Å². The molecule has 4 aromatic carbocycles. The molecule has 4 aromatic heterocycles. The molecule has 0 fully saturated rings. The summed E-state index contributed by atoms with van der Waals surface area (Å²) in [4.78, 5) is 41.4. The molecule has 0 aliphatic carbocycles. The first kappa shape index (κ1) is 35.7. The molecule has 8 rings (SSSR count). The molecule has 11 nitrogen and oxygen atoms in total. The van der Waals surface area contributed by atoms with Gasteiger partial charge in [0.1, 0.15) is 24.2 Å². The van der Waals surface area contributed by atoms with Crippen molar-refractivity contribution in [2.75, 3.05) is 0 Å². The zero-order chi connectivity index (χ0) is 38.3. The molecule has 0 aliphatic heterocycles. The van der Waals surface area contributed by atoms with Crippen molar-refractivity contribution in [1.29, 1.82) is 0 Å². The molecule has 2 unspecified atom stereocenters. The van der Waals surface area contributed by atoms with E-state index in [9.17, 15) is 4.79 Å². The van der Waals surface area contributed by atoms with Crippen LogP contribution in [0.1, 0.15) is 47.9 Å². The number of rotatable bonds is 14. The summed E-state index contributed by atoms with van der Waals surface area (Å²) in [5.41, 5.74) is 6.18. The van der Waals surface area contributed by atoms with Gasteiger partial charge in [-0.1, -0.05) is 109 Å². The Kier molecular flexibility index (Phi) is 10.5. The normalized spacial score (nSPS) is 12.8. The van der Waals surface area contributed by atoms with Gasteiger partial charge in [0, 0.05) is 13.1 Å². The van der Waals surface area contributed by atoms with Crippen LogP contribution in [0.2, 0.25) is 0 Å². The first-order valence-corrected chi connectivity index (χ1v) is 18.5. The lowest BCUT2D eigenvalue weighted by atomic mass is 9.82. The zero-order valence-corrected chi connectivity index (χ0v) is 30.9. The summed E-state index contributed by atoms with van der Waals surface area (Å²) >= 11 is 0.